The van der Waals surface area contributed by atoms with E-state index in [1.807, 2.05) is 6.92 Å². The molecule has 1 aliphatic heterocycles. The number of thioether (sulfide) groups is 1. The molecule has 1 unspecified atom stereocenters. The molecule has 1 saturated carbocycles. The Morgan fingerprint density at radius 3 is 2.82 bits per heavy atom. The van der Waals surface area contributed by atoms with Gasteiger partial charge in [0.2, 0.25) is 11.8 Å². The van der Waals surface area contributed by atoms with E-state index < -0.39 is 6.04 Å². The third kappa shape index (κ3) is 2.97. The summed E-state index contributed by atoms with van der Waals surface area (Å²) in [7, 11) is 0. The van der Waals surface area contributed by atoms with Crippen LogP contribution in [-0.4, -0.2) is 34.4 Å². The number of carbonyl (C=O) groups excluding carboxylic acids is 2. The van der Waals surface area contributed by atoms with E-state index in [4.69, 9.17) is 0 Å². The molecule has 2 fully saturated rings. The first-order valence-electron chi connectivity index (χ1n) is 7.51. The van der Waals surface area contributed by atoms with Crippen molar-refractivity contribution in [2.75, 3.05) is 16.9 Å². The molecule has 2 amide bonds. The summed E-state index contributed by atoms with van der Waals surface area (Å²) in [4.78, 5) is 26.5. The molecule has 1 saturated heterocycles. The number of amides is 2. The number of benzene rings is 1. The van der Waals surface area contributed by atoms with Gasteiger partial charge in [-0.3, -0.25) is 9.59 Å². The fraction of sp³-hybridized carbons (Fsp3) is 0.500. The third-order valence-corrected chi connectivity index (χ3v) is 5.39. The van der Waals surface area contributed by atoms with Crippen LogP contribution < -0.4 is 5.32 Å². The van der Waals surface area contributed by atoms with E-state index in [2.05, 4.69) is 5.32 Å². The van der Waals surface area contributed by atoms with Gasteiger partial charge in [0.05, 0.1) is 5.88 Å². The average Bonchev–Trinajstić information content (AvgIpc) is 2.90. The number of carbonyl (C=O) groups is 2. The van der Waals surface area contributed by atoms with Crippen molar-refractivity contribution in [2.45, 2.75) is 32.2 Å². The molecule has 1 atom stereocenters. The highest BCUT2D eigenvalue weighted by molar-refractivity contribution is 7.99. The Morgan fingerprint density at radius 1 is 1.36 bits per heavy atom. The lowest BCUT2D eigenvalue weighted by molar-refractivity contribution is -0.141. The Bertz CT molecular complexity index is 604. The van der Waals surface area contributed by atoms with Crippen LogP contribution in [-0.2, 0) is 9.59 Å². The highest BCUT2D eigenvalue weighted by atomic mass is 32.2. The number of hydrogen-bond acceptors (Lipinski definition) is 3. The summed E-state index contributed by atoms with van der Waals surface area (Å²) in [5, 5.41) is 2.77. The van der Waals surface area contributed by atoms with Crippen molar-refractivity contribution in [3.05, 3.63) is 29.6 Å². The summed E-state index contributed by atoms with van der Waals surface area (Å²) in [6.07, 6.45) is 2.95. The quantitative estimate of drug-likeness (QED) is 0.931. The third-order valence-electron chi connectivity index (χ3n) is 4.38. The van der Waals surface area contributed by atoms with Gasteiger partial charge in [-0.2, -0.15) is 0 Å². The van der Waals surface area contributed by atoms with Crippen LogP contribution in [0.25, 0.3) is 0 Å². The van der Waals surface area contributed by atoms with Gasteiger partial charge in [0, 0.05) is 17.4 Å². The van der Waals surface area contributed by atoms with Crippen LogP contribution in [0, 0.1) is 18.7 Å². The smallest absolute Gasteiger partial charge is 0.248 e. The molecule has 0 spiro atoms. The molecule has 1 aromatic rings. The van der Waals surface area contributed by atoms with Crippen molar-refractivity contribution in [1.82, 2.24) is 4.90 Å². The first-order valence-corrected chi connectivity index (χ1v) is 8.67. The van der Waals surface area contributed by atoms with Crippen LogP contribution in [0.3, 0.4) is 0 Å². The molecule has 6 heteroatoms. The predicted octanol–water partition coefficient (Wildman–Crippen LogP) is 2.77. The topological polar surface area (TPSA) is 49.4 Å². The minimum atomic E-state index is -0.458. The Balaban J connectivity index is 1.70. The molecule has 1 heterocycles. The van der Waals surface area contributed by atoms with Gasteiger partial charge < -0.3 is 10.2 Å². The number of nitrogens with one attached hydrogen (secondary N) is 1. The van der Waals surface area contributed by atoms with E-state index in [0.717, 1.165) is 24.8 Å². The van der Waals surface area contributed by atoms with Gasteiger partial charge in [-0.1, -0.05) is 12.5 Å². The Kier molecular flexibility index (Phi) is 4.38. The zero-order chi connectivity index (χ0) is 15.7. The van der Waals surface area contributed by atoms with Crippen LogP contribution in [0.5, 0.6) is 0 Å². The highest BCUT2D eigenvalue weighted by Gasteiger charge is 2.39. The Hall–Kier alpha value is -1.56. The van der Waals surface area contributed by atoms with E-state index in [-0.39, 0.29) is 23.5 Å². The Morgan fingerprint density at radius 2 is 2.14 bits per heavy atom. The first-order chi connectivity index (χ1) is 10.6. The predicted molar refractivity (Wildman–Crippen MR) is 85.1 cm³/mol. The molecule has 1 aromatic carbocycles. The normalized spacial score (nSPS) is 21.5. The van der Waals surface area contributed by atoms with Crippen LogP contribution in [0.4, 0.5) is 10.1 Å². The van der Waals surface area contributed by atoms with Crippen molar-refractivity contribution in [3.63, 3.8) is 0 Å². The second kappa shape index (κ2) is 6.28. The van der Waals surface area contributed by atoms with Crippen molar-refractivity contribution in [3.8, 4) is 0 Å². The van der Waals surface area contributed by atoms with Crippen molar-refractivity contribution in [2.24, 2.45) is 5.92 Å². The van der Waals surface area contributed by atoms with Crippen molar-refractivity contribution in [1.29, 1.82) is 0 Å². The average molecular weight is 322 g/mol. The maximum absolute atomic E-state index is 13.3. The van der Waals surface area contributed by atoms with Gasteiger partial charge in [0.25, 0.3) is 0 Å². The standard InChI is InChI=1S/C16H19FN2O2S/c1-10-5-6-12(17)7-13(10)18-15(20)14-8-22-9-19(14)16(21)11-3-2-4-11/h5-7,11,14H,2-4,8-9H2,1H3,(H,18,20). The van der Waals surface area contributed by atoms with Crippen molar-refractivity contribution >= 4 is 29.3 Å². The number of anilines is 1. The van der Waals surface area contributed by atoms with E-state index in [1.165, 1.54) is 12.1 Å². The molecule has 0 radical (unpaired) electrons. The largest absolute Gasteiger partial charge is 0.324 e. The molecule has 4 nitrogen and oxygen atoms in total. The van der Waals surface area contributed by atoms with Gasteiger partial charge in [-0.25, -0.2) is 4.39 Å². The second-order valence-electron chi connectivity index (χ2n) is 5.90. The Labute approximate surface area is 133 Å². The summed E-state index contributed by atoms with van der Waals surface area (Å²) in [6.45, 7) is 1.82. The van der Waals surface area contributed by atoms with Gasteiger partial charge in [0.1, 0.15) is 11.9 Å². The number of nitrogens with zero attached hydrogens (tertiary/aromatic N) is 1. The fourth-order valence-electron chi connectivity index (χ4n) is 2.71. The van der Waals surface area contributed by atoms with Gasteiger partial charge >= 0.3 is 0 Å². The summed E-state index contributed by atoms with van der Waals surface area (Å²) in [6, 6.07) is 3.85. The number of aryl methyl sites for hydroxylation is 1. The zero-order valence-corrected chi connectivity index (χ0v) is 13.3. The molecule has 1 aliphatic carbocycles. The molecule has 118 valence electrons. The molecule has 3 rings (SSSR count). The molecule has 0 aromatic heterocycles. The van der Waals surface area contributed by atoms with Gasteiger partial charge in [-0.05, 0) is 37.5 Å². The first kappa shape index (κ1) is 15.3. The van der Waals surface area contributed by atoms with E-state index in [0.29, 0.717) is 17.3 Å². The lowest BCUT2D eigenvalue weighted by Crippen LogP contribution is -2.48. The monoisotopic (exact) mass is 322 g/mol. The molecular formula is C16H19FN2O2S. The van der Waals surface area contributed by atoms with Crippen LogP contribution in [0.1, 0.15) is 24.8 Å². The van der Waals surface area contributed by atoms with E-state index in [1.54, 1.807) is 22.7 Å². The number of halogens is 1. The molecule has 22 heavy (non-hydrogen) atoms. The van der Waals surface area contributed by atoms with Crippen LogP contribution >= 0.6 is 11.8 Å². The maximum atomic E-state index is 13.3. The zero-order valence-electron chi connectivity index (χ0n) is 12.5. The second-order valence-corrected chi connectivity index (χ2v) is 6.90. The SMILES string of the molecule is Cc1ccc(F)cc1NC(=O)C1CSCN1C(=O)C1CCC1. The number of rotatable bonds is 3. The van der Waals surface area contributed by atoms with E-state index >= 15 is 0 Å². The van der Waals surface area contributed by atoms with Crippen molar-refractivity contribution < 1.29 is 14.0 Å². The lowest BCUT2D eigenvalue weighted by Gasteiger charge is -2.31. The number of hydrogen-bond donors (Lipinski definition) is 1. The molecule has 0 bridgehead atoms. The highest BCUT2D eigenvalue weighted by Crippen LogP contribution is 2.32. The van der Waals surface area contributed by atoms with Crippen LogP contribution in [0.2, 0.25) is 0 Å². The minimum absolute atomic E-state index is 0.0879. The summed E-state index contributed by atoms with van der Waals surface area (Å²) < 4.78 is 13.3. The molecule has 1 N–H and O–H groups in total. The maximum Gasteiger partial charge on any atom is 0.248 e. The molecular weight excluding hydrogens is 303 g/mol. The van der Waals surface area contributed by atoms with Crippen LogP contribution in [0.15, 0.2) is 18.2 Å². The summed E-state index contributed by atoms with van der Waals surface area (Å²) >= 11 is 1.59. The molecule has 2 aliphatic rings. The lowest BCUT2D eigenvalue weighted by atomic mass is 9.84. The summed E-state index contributed by atoms with van der Waals surface area (Å²) in [5.41, 5.74) is 1.27. The van der Waals surface area contributed by atoms with E-state index in [9.17, 15) is 14.0 Å². The summed E-state index contributed by atoms with van der Waals surface area (Å²) in [5.74, 6) is 0.724. The van der Waals surface area contributed by atoms with Gasteiger partial charge in [0.15, 0.2) is 0 Å². The minimum Gasteiger partial charge on any atom is -0.324 e. The van der Waals surface area contributed by atoms with Gasteiger partial charge in [-0.15, -0.1) is 11.8 Å². The fourth-order valence-corrected chi connectivity index (χ4v) is 3.88.